The molecule has 1 unspecified atom stereocenters. The molecule has 0 radical (unpaired) electrons. The van der Waals surface area contributed by atoms with E-state index in [0.717, 1.165) is 30.9 Å². The van der Waals surface area contributed by atoms with Crippen LogP contribution in [0.1, 0.15) is 34.1 Å². The Hall–Kier alpha value is -1.22. The molecule has 0 saturated carbocycles. The zero-order valence-corrected chi connectivity index (χ0v) is 19.2. The minimum absolute atomic E-state index is 0. The Morgan fingerprint density at radius 3 is 2.35 bits per heavy atom. The molecule has 0 saturated heterocycles. The van der Waals surface area contributed by atoms with E-state index >= 15 is 0 Å². The summed E-state index contributed by atoms with van der Waals surface area (Å²) in [5.41, 5.74) is 6.85. The molecule has 0 aliphatic carbocycles. The van der Waals surface area contributed by atoms with E-state index < -0.39 is 0 Å². The summed E-state index contributed by atoms with van der Waals surface area (Å²) >= 11 is 0. The fourth-order valence-electron chi connectivity index (χ4n) is 2.92. The number of nitrogens with zero attached hydrogens (tertiary/aromatic N) is 2. The number of guanidine groups is 1. The third-order valence-corrected chi connectivity index (χ3v) is 4.21. The Kier molecular flexibility index (Phi) is 12.4. The van der Waals surface area contributed by atoms with E-state index in [2.05, 4.69) is 42.9 Å². The zero-order valence-electron chi connectivity index (χ0n) is 16.9. The summed E-state index contributed by atoms with van der Waals surface area (Å²) in [6.45, 7) is 11.5. The summed E-state index contributed by atoms with van der Waals surface area (Å²) in [6, 6.07) is 5.92. The average Bonchev–Trinajstić information content (AvgIpc) is 2.60. The van der Waals surface area contributed by atoms with E-state index in [1.807, 2.05) is 18.2 Å². The third kappa shape index (κ3) is 7.99. The molecule has 0 heterocycles. The highest BCUT2D eigenvalue weighted by molar-refractivity contribution is 14.0. The quantitative estimate of drug-likeness (QED) is 0.304. The van der Waals surface area contributed by atoms with Crippen molar-refractivity contribution in [3.8, 4) is 11.5 Å². The molecule has 0 amide bonds. The van der Waals surface area contributed by atoms with Gasteiger partial charge in [0.05, 0.1) is 26.5 Å². The topological polar surface area (TPSA) is 72.1 Å². The van der Waals surface area contributed by atoms with Crippen molar-refractivity contribution in [2.24, 2.45) is 16.6 Å². The highest BCUT2D eigenvalue weighted by Crippen LogP contribution is 2.28. The highest BCUT2D eigenvalue weighted by Gasteiger charge is 2.17. The number of nitrogens with one attached hydrogen (secondary N) is 1. The van der Waals surface area contributed by atoms with Gasteiger partial charge < -0.3 is 20.5 Å². The first kappa shape index (κ1) is 24.8. The molecule has 1 rings (SSSR count). The number of rotatable bonds is 10. The van der Waals surface area contributed by atoms with E-state index in [0.29, 0.717) is 30.2 Å². The molecular weight excluding hydrogens is 443 g/mol. The molecule has 1 aromatic rings. The van der Waals surface area contributed by atoms with Crippen molar-refractivity contribution in [2.75, 3.05) is 39.2 Å². The van der Waals surface area contributed by atoms with E-state index in [1.54, 1.807) is 14.2 Å². The summed E-state index contributed by atoms with van der Waals surface area (Å²) in [7, 11) is 3.25. The maximum absolute atomic E-state index is 6.11. The van der Waals surface area contributed by atoms with Crippen LogP contribution >= 0.6 is 24.0 Å². The van der Waals surface area contributed by atoms with Gasteiger partial charge in [-0.25, -0.2) is 0 Å². The lowest BCUT2D eigenvalue weighted by Crippen LogP contribution is -2.39. The number of aliphatic imine (C=N–C) groups is 1. The van der Waals surface area contributed by atoms with E-state index in [9.17, 15) is 0 Å². The van der Waals surface area contributed by atoms with Crippen LogP contribution in [0.2, 0.25) is 0 Å². The molecule has 1 atom stereocenters. The minimum Gasteiger partial charge on any atom is -0.497 e. The van der Waals surface area contributed by atoms with Gasteiger partial charge in [-0.2, -0.15) is 0 Å². The van der Waals surface area contributed by atoms with Crippen LogP contribution < -0.4 is 20.5 Å². The summed E-state index contributed by atoms with van der Waals surface area (Å²) in [4.78, 5) is 7.00. The normalized spacial score (nSPS) is 12.7. The van der Waals surface area contributed by atoms with Gasteiger partial charge in [0, 0.05) is 12.1 Å². The first-order chi connectivity index (χ1) is 11.9. The summed E-state index contributed by atoms with van der Waals surface area (Å²) in [6.07, 6.45) is 1.10. The van der Waals surface area contributed by atoms with Crippen LogP contribution in [0, 0.1) is 5.92 Å². The summed E-state index contributed by atoms with van der Waals surface area (Å²) in [5, 5.41) is 3.12. The first-order valence-electron chi connectivity index (χ1n) is 8.98. The van der Waals surface area contributed by atoms with E-state index in [-0.39, 0.29) is 24.0 Å². The summed E-state index contributed by atoms with van der Waals surface area (Å²) in [5.74, 6) is 2.43. The predicted octanol–water partition coefficient (Wildman–Crippen LogP) is 3.80. The Bertz CT molecular complexity index is 548. The Morgan fingerprint density at radius 1 is 1.19 bits per heavy atom. The van der Waals surface area contributed by atoms with Gasteiger partial charge in [0.2, 0.25) is 0 Å². The molecule has 6 nitrogen and oxygen atoms in total. The molecule has 0 aromatic heterocycles. The molecule has 0 bridgehead atoms. The van der Waals surface area contributed by atoms with Crippen molar-refractivity contribution in [3.05, 3.63) is 18.2 Å². The van der Waals surface area contributed by atoms with E-state index in [4.69, 9.17) is 15.2 Å². The van der Waals surface area contributed by atoms with Gasteiger partial charge in [-0.3, -0.25) is 9.89 Å². The standard InChI is InChI=1S/C19H34N4O2.HI/c1-7-23(8-2)15(11-14(3)4)13-21-19(20)22-17-12-16(24-5)9-10-18(17)25-6;/h9-10,12,14-15H,7-8,11,13H2,1-6H3,(H3,20,21,22);1H. The van der Waals surface area contributed by atoms with Crippen LogP contribution in [0.4, 0.5) is 5.69 Å². The van der Waals surface area contributed by atoms with Crippen LogP contribution in [0.5, 0.6) is 11.5 Å². The number of nitrogens with two attached hydrogens (primary N) is 1. The molecule has 0 aliphatic rings. The average molecular weight is 478 g/mol. The second-order valence-electron chi connectivity index (χ2n) is 6.42. The number of benzene rings is 1. The van der Waals surface area contributed by atoms with Gasteiger partial charge in [0.15, 0.2) is 5.96 Å². The van der Waals surface area contributed by atoms with Crippen LogP contribution in [0.15, 0.2) is 23.2 Å². The SMILES string of the molecule is CCN(CC)C(CN=C(N)Nc1cc(OC)ccc1OC)CC(C)C.I. The molecule has 150 valence electrons. The Labute approximate surface area is 175 Å². The lowest BCUT2D eigenvalue weighted by atomic mass is 10.0. The first-order valence-corrected chi connectivity index (χ1v) is 8.98. The fraction of sp³-hybridized carbons (Fsp3) is 0.632. The monoisotopic (exact) mass is 478 g/mol. The lowest BCUT2D eigenvalue weighted by Gasteiger charge is -2.29. The largest absolute Gasteiger partial charge is 0.497 e. The predicted molar refractivity (Wildman–Crippen MR) is 121 cm³/mol. The number of likely N-dealkylation sites (N-methyl/N-ethyl adjacent to an activating group) is 1. The maximum atomic E-state index is 6.11. The molecular formula is C19H35IN4O2. The van der Waals surface area contributed by atoms with Gasteiger partial charge in [0.25, 0.3) is 0 Å². The molecule has 3 N–H and O–H groups in total. The molecule has 0 spiro atoms. The summed E-state index contributed by atoms with van der Waals surface area (Å²) < 4.78 is 10.6. The number of halogens is 1. The van der Waals surface area contributed by atoms with Crippen LogP contribution in [0.25, 0.3) is 0 Å². The highest BCUT2D eigenvalue weighted by atomic mass is 127. The van der Waals surface area contributed by atoms with Crippen molar-refractivity contribution < 1.29 is 9.47 Å². The van der Waals surface area contributed by atoms with Crippen LogP contribution in [-0.4, -0.2) is 50.8 Å². The second kappa shape index (κ2) is 13.0. The third-order valence-electron chi connectivity index (χ3n) is 4.21. The minimum atomic E-state index is 0. The molecule has 7 heteroatoms. The van der Waals surface area contributed by atoms with Gasteiger partial charge in [-0.15, -0.1) is 24.0 Å². The van der Waals surface area contributed by atoms with Gasteiger partial charge in [-0.1, -0.05) is 27.7 Å². The van der Waals surface area contributed by atoms with Crippen molar-refractivity contribution in [1.29, 1.82) is 0 Å². The van der Waals surface area contributed by atoms with Gasteiger partial charge in [-0.05, 0) is 37.6 Å². The van der Waals surface area contributed by atoms with E-state index in [1.165, 1.54) is 0 Å². The Morgan fingerprint density at radius 2 is 1.85 bits per heavy atom. The van der Waals surface area contributed by atoms with Crippen molar-refractivity contribution in [3.63, 3.8) is 0 Å². The van der Waals surface area contributed by atoms with Crippen molar-refractivity contribution in [1.82, 2.24) is 4.90 Å². The number of ether oxygens (including phenoxy) is 2. The smallest absolute Gasteiger partial charge is 0.193 e. The number of hydrogen-bond donors (Lipinski definition) is 2. The lowest BCUT2D eigenvalue weighted by molar-refractivity contribution is 0.196. The van der Waals surface area contributed by atoms with Crippen molar-refractivity contribution in [2.45, 2.75) is 40.2 Å². The van der Waals surface area contributed by atoms with Crippen LogP contribution in [0.3, 0.4) is 0 Å². The molecule has 26 heavy (non-hydrogen) atoms. The van der Waals surface area contributed by atoms with Gasteiger partial charge >= 0.3 is 0 Å². The van der Waals surface area contributed by atoms with Crippen LogP contribution in [-0.2, 0) is 0 Å². The molecule has 0 aliphatic heterocycles. The maximum Gasteiger partial charge on any atom is 0.193 e. The fourth-order valence-corrected chi connectivity index (χ4v) is 2.92. The number of methoxy groups -OCH3 is 2. The number of hydrogen-bond acceptors (Lipinski definition) is 4. The zero-order chi connectivity index (χ0) is 18.8. The van der Waals surface area contributed by atoms with Gasteiger partial charge in [0.1, 0.15) is 11.5 Å². The second-order valence-corrected chi connectivity index (χ2v) is 6.42. The Balaban J connectivity index is 0.00000625. The van der Waals surface area contributed by atoms with Crippen molar-refractivity contribution >= 4 is 35.6 Å². The molecule has 0 fully saturated rings. The number of anilines is 1. The molecule has 1 aromatic carbocycles.